The molecule has 0 saturated carbocycles. The van der Waals surface area contributed by atoms with E-state index in [4.69, 9.17) is 10.5 Å². The van der Waals surface area contributed by atoms with Crippen molar-refractivity contribution in [3.05, 3.63) is 42.0 Å². The van der Waals surface area contributed by atoms with Crippen molar-refractivity contribution in [2.45, 2.75) is 20.0 Å². The van der Waals surface area contributed by atoms with Crippen LogP contribution in [0.15, 0.2) is 36.4 Å². The molecule has 0 amide bonds. The fraction of sp³-hybridized carbons (Fsp3) is 0.375. The molecule has 0 bridgehead atoms. The van der Waals surface area contributed by atoms with Crippen LogP contribution >= 0.6 is 0 Å². The molecule has 1 atom stereocenters. The summed E-state index contributed by atoms with van der Waals surface area (Å²) < 4.78 is 5.37. The molecule has 0 saturated heterocycles. The lowest BCUT2D eigenvalue weighted by atomic mass is 9.81. The number of benzene rings is 2. The predicted molar refractivity (Wildman–Crippen MR) is 78.3 cm³/mol. The molecular formula is C16H21NO2. The molecular weight excluding hydrogens is 238 g/mol. The maximum absolute atomic E-state index is 10.6. The standard InChI is InChI=1S/C16H21NO2/c1-16(2,10-17)15(18)13-8-9-14(19-3)12-7-5-4-6-11(12)13/h4-9,15,18H,10,17H2,1-3H3. The molecule has 3 heteroatoms. The van der Waals surface area contributed by atoms with E-state index in [1.165, 1.54) is 0 Å². The van der Waals surface area contributed by atoms with Crippen LogP contribution in [0.25, 0.3) is 10.8 Å². The summed E-state index contributed by atoms with van der Waals surface area (Å²) in [5, 5.41) is 12.6. The summed E-state index contributed by atoms with van der Waals surface area (Å²) in [7, 11) is 1.65. The molecule has 0 aliphatic carbocycles. The van der Waals surface area contributed by atoms with E-state index >= 15 is 0 Å². The van der Waals surface area contributed by atoms with Gasteiger partial charge in [-0.05, 0) is 17.0 Å². The number of hydrogen-bond acceptors (Lipinski definition) is 3. The molecule has 102 valence electrons. The van der Waals surface area contributed by atoms with Crippen molar-refractivity contribution in [2.24, 2.45) is 11.1 Å². The van der Waals surface area contributed by atoms with Crippen LogP contribution in [0.4, 0.5) is 0 Å². The second-order valence-electron chi connectivity index (χ2n) is 5.50. The molecule has 0 radical (unpaired) electrons. The molecule has 1 unspecified atom stereocenters. The van der Waals surface area contributed by atoms with Gasteiger partial charge in [0.25, 0.3) is 0 Å². The lowest BCUT2D eigenvalue weighted by Gasteiger charge is -2.30. The van der Waals surface area contributed by atoms with Gasteiger partial charge in [-0.3, -0.25) is 0 Å². The van der Waals surface area contributed by atoms with Crippen LogP contribution in [-0.4, -0.2) is 18.8 Å². The third-order valence-corrected chi connectivity index (χ3v) is 3.70. The zero-order chi connectivity index (χ0) is 14.0. The van der Waals surface area contributed by atoms with Gasteiger partial charge in [-0.2, -0.15) is 0 Å². The zero-order valence-electron chi connectivity index (χ0n) is 11.7. The Morgan fingerprint density at radius 2 is 1.79 bits per heavy atom. The Bertz CT molecular complexity index is 578. The molecule has 0 heterocycles. The molecule has 0 aliphatic rings. The highest BCUT2D eigenvalue weighted by Crippen LogP contribution is 2.38. The van der Waals surface area contributed by atoms with Crippen molar-refractivity contribution in [1.82, 2.24) is 0 Å². The summed E-state index contributed by atoms with van der Waals surface area (Å²) in [4.78, 5) is 0. The number of fused-ring (bicyclic) bond motifs is 1. The average molecular weight is 259 g/mol. The Morgan fingerprint density at radius 3 is 2.37 bits per heavy atom. The van der Waals surface area contributed by atoms with E-state index in [0.717, 1.165) is 22.1 Å². The highest BCUT2D eigenvalue weighted by atomic mass is 16.5. The van der Waals surface area contributed by atoms with Crippen molar-refractivity contribution >= 4 is 10.8 Å². The largest absolute Gasteiger partial charge is 0.496 e. The summed E-state index contributed by atoms with van der Waals surface area (Å²) in [6, 6.07) is 11.8. The fourth-order valence-electron chi connectivity index (χ4n) is 2.24. The first-order valence-corrected chi connectivity index (χ1v) is 6.45. The molecule has 0 fully saturated rings. The average Bonchev–Trinajstić information content (AvgIpc) is 2.45. The quantitative estimate of drug-likeness (QED) is 0.887. The van der Waals surface area contributed by atoms with Crippen LogP contribution in [0.2, 0.25) is 0 Å². The number of aliphatic hydroxyl groups is 1. The van der Waals surface area contributed by atoms with E-state index in [9.17, 15) is 5.11 Å². The van der Waals surface area contributed by atoms with Crippen molar-refractivity contribution in [3.8, 4) is 5.75 Å². The molecule has 0 spiro atoms. The predicted octanol–water partition coefficient (Wildman–Crippen LogP) is 2.87. The normalized spacial score (nSPS) is 13.5. The van der Waals surface area contributed by atoms with Crippen LogP contribution in [0.1, 0.15) is 25.5 Å². The van der Waals surface area contributed by atoms with Gasteiger partial charge in [0.15, 0.2) is 0 Å². The first-order chi connectivity index (χ1) is 9.01. The van der Waals surface area contributed by atoms with Gasteiger partial charge >= 0.3 is 0 Å². The minimum absolute atomic E-state index is 0.364. The molecule has 0 aromatic heterocycles. The van der Waals surface area contributed by atoms with Crippen molar-refractivity contribution in [2.75, 3.05) is 13.7 Å². The summed E-state index contributed by atoms with van der Waals surface area (Å²) in [6.07, 6.45) is -0.603. The summed E-state index contributed by atoms with van der Waals surface area (Å²) in [5.74, 6) is 0.817. The van der Waals surface area contributed by atoms with E-state index in [-0.39, 0.29) is 5.41 Å². The maximum atomic E-state index is 10.6. The molecule has 0 aliphatic heterocycles. The molecule has 3 nitrogen and oxygen atoms in total. The molecule has 3 N–H and O–H groups in total. The Kier molecular flexibility index (Phi) is 3.78. The fourth-order valence-corrected chi connectivity index (χ4v) is 2.24. The number of rotatable bonds is 4. The number of aliphatic hydroxyl groups excluding tert-OH is 1. The zero-order valence-corrected chi connectivity index (χ0v) is 11.7. The summed E-state index contributed by atoms with van der Waals surface area (Å²) in [6.45, 7) is 4.36. The molecule has 2 aromatic carbocycles. The van der Waals surface area contributed by atoms with Crippen LogP contribution in [0.3, 0.4) is 0 Å². The number of hydrogen-bond donors (Lipinski definition) is 2. The van der Waals surface area contributed by atoms with Gasteiger partial charge in [0.1, 0.15) is 5.75 Å². The number of methoxy groups -OCH3 is 1. The third-order valence-electron chi connectivity index (χ3n) is 3.70. The second kappa shape index (κ2) is 5.19. The SMILES string of the molecule is COc1ccc(C(O)C(C)(C)CN)c2ccccc12. The van der Waals surface area contributed by atoms with E-state index in [0.29, 0.717) is 6.54 Å². The molecule has 2 rings (SSSR count). The van der Waals surface area contributed by atoms with E-state index in [1.807, 2.05) is 50.2 Å². The number of ether oxygens (including phenoxy) is 1. The van der Waals surface area contributed by atoms with Gasteiger partial charge in [0.05, 0.1) is 13.2 Å². The Balaban J connectivity index is 2.63. The van der Waals surface area contributed by atoms with Gasteiger partial charge in [-0.25, -0.2) is 0 Å². The number of nitrogens with two attached hydrogens (primary N) is 1. The van der Waals surface area contributed by atoms with Crippen LogP contribution < -0.4 is 10.5 Å². The molecule has 19 heavy (non-hydrogen) atoms. The first-order valence-electron chi connectivity index (χ1n) is 6.45. The van der Waals surface area contributed by atoms with Gasteiger partial charge in [0, 0.05) is 17.3 Å². The van der Waals surface area contributed by atoms with Gasteiger partial charge in [-0.1, -0.05) is 44.2 Å². The monoisotopic (exact) mass is 259 g/mol. The lowest BCUT2D eigenvalue weighted by Crippen LogP contribution is -2.30. The van der Waals surface area contributed by atoms with Crippen LogP contribution in [0, 0.1) is 5.41 Å². The van der Waals surface area contributed by atoms with E-state index in [1.54, 1.807) is 7.11 Å². The Hall–Kier alpha value is -1.58. The highest BCUT2D eigenvalue weighted by Gasteiger charge is 2.29. The van der Waals surface area contributed by atoms with Gasteiger partial charge < -0.3 is 15.6 Å². The second-order valence-corrected chi connectivity index (χ2v) is 5.50. The van der Waals surface area contributed by atoms with E-state index in [2.05, 4.69) is 0 Å². The van der Waals surface area contributed by atoms with Crippen molar-refractivity contribution < 1.29 is 9.84 Å². The first kappa shape index (κ1) is 13.8. The highest BCUT2D eigenvalue weighted by molar-refractivity contribution is 5.91. The summed E-state index contributed by atoms with van der Waals surface area (Å²) >= 11 is 0. The smallest absolute Gasteiger partial charge is 0.126 e. The van der Waals surface area contributed by atoms with Crippen molar-refractivity contribution in [3.63, 3.8) is 0 Å². The minimum Gasteiger partial charge on any atom is -0.496 e. The van der Waals surface area contributed by atoms with Crippen LogP contribution in [-0.2, 0) is 0 Å². The van der Waals surface area contributed by atoms with E-state index < -0.39 is 6.10 Å². The maximum Gasteiger partial charge on any atom is 0.126 e. The topological polar surface area (TPSA) is 55.5 Å². The van der Waals surface area contributed by atoms with Crippen molar-refractivity contribution in [1.29, 1.82) is 0 Å². The molecule has 2 aromatic rings. The Morgan fingerprint density at radius 1 is 1.16 bits per heavy atom. The minimum atomic E-state index is -0.603. The summed E-state index contributed by atoms with van der Waals surface area (Å²) in [5.41, 5.74) is 6.29. The lowest BCUT2D eigenvalue weighted by molar-refractivity contribution is 0.0567. The van der Waals surface area contributed by atoms with Crippen LogP contribution in [0.5, 0.6) is 5.75 Å². The van der Waals surface area contributed by atoms with Gasteiger partial charge in [-0.15, -0.1) is 0 Å². The third kappa shape index (κ3) is 2.44. The Labute approximate surface area is 114 Å². The van der Waals surface area contributed by atoms with Gasteiger partial charge in [0.2, 0.25) is 0 Å².